The van der Waals surface area contributed by atoms with Crippen molar-refractivity contribution >= 4 is 5.91 Å². The molecular weight excluding hydrogens is 349 g/mol. The molecule has 1 fully saturated rings. The summed E-state index contributed by atoms with van der Waals surface area (Å²) in [6.45, 7) is 4.92. The number of amides is 1. The third-order valence-electron chi connectivity index (χ3n) is 4.09. The molecule has 10 heteroatoms. The highest BCUT2D eigenvalue weighted by Gasteiger charge is 2.30. The fraction of sp³-hybridized carbons (Fsp3) is 0.438. The van der Waals surface area contributed by atoms with Crippen molar-refractivity contribution in [2.75, 3.05) is 39.3 Å². The molecule has 7 nitrogen and oxygen atoms in total. The van der Waals surface area contributed by atoms with Crippen LogP contribution in [0.5, 0.6) is 0 Å². The minimum Gasteiger partial charge on any atom is -0.349 e. The Morgan fingerprint density at radius 1 is 1.27 bits per heavy atom. The highest BCUT2D eigenvalue weighted by Crippen LogP contribution is 2.30. The van der Waals surface area contributed by atoms with Crippen LogP contribution in [0.4, 0.5) is 13.2 Å². The van der Waals surface area contributed by atoms with Crippen LogP contribution in [0.3, 0.4) is 0 Å². The van der Waals surface area contributed by atoms with Crippen molar-refractivity contribution in [3.63, 3.8) is 0 Å². The number of nitrogens with zero attached hydrogens (tertiary/aromatic N) is 4. The van der Waals surface area contributed by atoms with Gasteiger partial charge in [-0.2, -0.15) is 13.2 Å². The highest BCUT2D eigenvalue weighted by atomic mass is 19.4. The second kappa shape index (κ2) is 7.83. The van der Waals surface area contributed by atoms with Gasteiger partial charge < -0.3 is 10.6 Å². The summed E-state index contributed by atoms with van der Waals surface area (Å²) in [6.07, 6.45) is -3.13. The summed E-state index contributed by atoms with van der Waals surface area (Å²) in [5, 5.41) is 13.5. The predicted octanol–water partition coefficient (Wildman–Crippen LogP) is 0.921. The molecule has 0 unspecified atom stereocenters. The van der Waals surface area contributed by atoms with Gasteiger partial charge in [-0.05, 0) is 18.2 Å². The lowest BCUT2D eigenvalue weighted by Gasteiger charge is -2.26. The summed E-state index contributed by atoms with van der Waals surface area (Å²) in [5.41, 5.74) is -0.539. The lowest BCUT2D eigenvalue weighted by Crippen LogP contribution is -2.46. The van der Waals surface area contributed by atoms with Crippen LogP contribution in [0.2, 0.25) is 0 Å². The van der Waals surface area contributed by atoms with Crippen LogP contribution < -0.4 is 10.6 Å². The Hall–Kier alpha value is -2.46. The molecule has 1 amide bonds. The molecule has 3 rings (SSSR count). The molecule has 26 heavy (non-hydrogen) atoms. The van der Waals surface area contributed by atoms with Crippen molar-refractivity contribution in [1.82, 2.24) is 30.5 Å². The first-order valence-electron chi connectivity index (χ1n) is 8.25. The Balaban J connectivity index is 1.59. The summed E-state index contributed by atoms with van der Waals surface area (Å²) < 4.78 is 39.5. The maximum atomic E-state index is 12.8. The second-order valence-electron chi connectivity index (χ2n) is 5.94. The van der Waals surface area contributed by atoms with Gasteiger partial charge in [-0.25, -0.2) is 4.68 Å². The number of alkyl halides is 3. The SMILES string of the molecule is O=C(NCCN1CCNCC1)c1cn(-c2cccc(C(F)(F)F)c2)nn1. The third kappa shape index (κ3) is 4.58. The molecule has 1 aromatic heterocycles. The standard InChI is InChI=1S/C16H19F3N6O/c17-16(18,19)12-2-1-3-13(10-12)25-11-14(22-23-25)15(26)21-6-9-24-7-4-20-5-8-24/h1-3,10-11,20H,4-9H2,(H,21,26). The van der Waals surface area contributed by atoms with Gasteiger partial charge in [0.15, 0.2) is 5.69 Å². The number of carbonyl (C=O) groups excluding carboxylic acids is 1. The third-order valence-corrected chi connectivity index (χ3v) is 4.09. The maximum absolute atomic E-state index is 12.8. The average Bonchev–Trinajstić information content (AvgIpc) is 3.12. The Bertz CT molecular complexity index is 754. The molecule has 0 saturated carbocycles. The zero-order valence-corrected chi connectivity index (χ0v) is 14.0. The van der Waals surface area contributed by atoms with E-state index in [2.05, 4.69) is 25.8 Å². The molecule has 0 aliphatic carbocycles. The smallest absolute Gasteiger partial charge is 0.349 e. The molecule has 2 heterocycles. The van der Waals surface area contributed by atoms with Gasteiger partial charge >= 0.3 is 6.18 Å². The van der Waals surface area contributed by atoms with Gasteiger partial charge in [0.25, 0.3) is 5.91 Å². The molecule has 0 atom stereocenters. The molecule has 0 radical (unpaired) electrons. The summed E-state index contributed by atoms with van der Waals surface area (Å²) in [5.74, 6) is -0.404. The number of benzene rings is 1. The topological polar surface area (TPSA) is 75.1 Å². The van der Waals surface area contributed by atoms with Gasteiger partial charge in [-0.15, -0.1) is 5.10 Å². The number of piperazine rings is 1. The summed E-state index contributed by atoms with van der Waals surface area (Å²) >= 11 is 0. The number of rotatable bonds is 5. The summed E-state index contributed by atoms with van der Waals surface area (Å²) in [7, 11) is 0. The second-order valence-corrected chi connectivity index (χ2v) is 5.94. The van der Waals surface area contributed by atoms with E-state index >= 15 is 0 Å². The fourth-order valence-electron chi connectivity index (χ4n) is 2.67. The molecule has 0 bridgehead atoms. The minimum absolute atomic E-state index is 0.0581. The summed E-state index contributed by atoms with van der Waals surface area (Å²) in [6, 6.07) is 4.69. The van der Waals surface area contributed by atoms with E-state index < -0.39 is 17.6 Å². The number of nitrogens with one attached hydrogen (secondary N) is 2. The van der Waals surface area contributed by atoms with Crippen molar-refractivity contribution < 1.29 is 18.0 Å². The van der Waals surface area contributed by atoms with Gasteiger partial charge in [0.05, 0.1) is 17.4 Å². The zero-order chi connectivity index (χ0) is 18.6. The Morgan fingerprint density at radius 2 is 2.04 bits per heavy atom. The van der Waals surface area contributed by atoms with Crippen LogP contribution in [-0.4, -0.2) is 65.1 Å². The number of carbonyl (C=O) groups is 1. The monoisotopic (exact) mass is 368 g/mol. The van der Waals surface area contributed by atoms with E-state index in [1.54, 1.807) is 0 Å². The summed E-state index contributed by atoms with van der Waals surface area (Å²) in [4.78, 5) is 14.4. The van der Waals surface area contributed by atoms with Crippen LogP contribution in [-0.2, 0) is 6.18 Å². The lowest BCUT2D eigenvalue weighted by atomic mass is 10.2. The molecule has 1 aliphatic heterocycles. The molecule has 1 saturated heterocycles. The first kappa shape index (κ1) is 18.3. The van der Waals surface area contributed by atoms with Crippen molar-refractivity contribution in [2.24, 2.45) is 0 Å². The van der Waals surface area contributed by atoms with Crippen LogP contribution in [0.15, 0.2) is 30.5 Å². The van der Waals surface area contributed by atoms with E-state index in [-0.39, 0.29) is 11.4 Å². The van der Waals surface area contributed by atoms with Gasteiger partial charge in [-0.3, -0.25) is 9.69 Å². The Kier molecular flexibility index (Phi) is 5.52. The van der Waals surface area contributed by atoms with Crippen molar-refractivity contribution in [2.45, 2.75) is 6.18 Å². The highest BCUT2D eigenvalue weighted by molar-refractivity contribution is 5.91. The van der Waals surface area contributed by atoms with E-state index in [1.165, 1.54) is 18.3 Å². The Morgan fingerprint density at radius 3 is 2.77 bits per heavy atom. The number of hydrogen-bond donors (Lipinski definition) is 2. The van der Waals surface area contributed by atoms with E-state index in [1.807, 2.05) is 0 Å². The van der Waals surface area contributed by atoms with E-state index in [4.69, 9.17) is 0 Å². The van der Waals surface area contributed by atoms with Gasteiger partial charge in [0.2, 0.25) is 0 Å². The molecule has 2 aromatic rings. The number of halogens is 3. The molecule has 140 valence electrons. The van der Waals surface area contributed by atoms with Crippen molar-refractivity contribution in [3.8, 4) is 5.69 Å². The minimum atomic E-state index is -4.44. The van der Waals surface area contributed by atoms with Crippen LogP contribution in [0.25, 0.3) is 5.69 Å². The first-order valence-corrected chi connectivity index (χ1v) is 8.25. The molecule has 1 aromatic carbocycles. The Labute approximate surface area is 148 Å². The van der Waals surface area contributed by atoms with Crippen LogP contribution in [0, 0.1) is 0 Å². The largest absolute Gasteiger partial charge is 0.416 e. The van der Waals surface area contributed by atoms with Crippen LogP contribution >= 0.6 is 0 Å². The van der Waals surface area contributed by atoms with Gasteiger partial charge in [0.1, 0.15) is 0 Å². The fourth-order valence-corrected chi connectivity index (χ4v) is 2.67. The number of hydrogen-bond acceptors (Lipinski definition) is 5. The van der Waals surface area contributed by atoms with E-state index in [0.717, 1.165) is 49.5 Å². The van der Waals surface area contributed by atoms with E-state index in [9.17, 15) is 18.0 Å². The zero-order valence-electron chi connectivity index (χ0n) is 14.0. The van der Waals surface area contributed by atoms with Gasteiger partial charge in [0, 0.05) is 39.3 Å². The van der Waals surface area contributed by atoms with Crippen molar-refractivity contribution in [1.29, 1.82) is 0 Å². The predicted molar refractivity (Wildman–Crippen MR) is 88.0 cm³/mol. The first-order chi connectivity index (χ1) is 12.4. The quantitative estimate of drug-likeness (QED) is 0.821. The molecular formula is C16H19F3N6O. The van der Waals surface area contributed by atoms with Gasteiger partial charge in [-0.1, -0.05) is 11.3 Å². The molecule has 2 N–H and O–H groups in total. The van der Waals surface area contributed by atoms with Crippen LogP contribution in [0.1, 0.15) is 16.1 Å². The van der Waals surface area contributed by atoms with Crippen molar-refractivity contribution in [3.05, 3.63) is 41.7 Å². The average molecular weight is 368 g/mol. The maximum Gasteiger partial charge on any atom is 0.416 e. The molecule has 0 spiro atoms. The number of aromatic nitrogens is 3. The van der Waals surface area contributed by atoms with E-state index in [0.29, 0.717) is 6.54 Å². The molecule has 1 aliphatic rings. The normalized spacial score (nSPS) is 15.8. The lowest BCUT2D eigenvalue weighted by molar-refractivity contribution is -0.137.